The van der Waals surface area contributed by atoms with Crippen LogP contribution in [0.25, 0.3) is 0 Å². The Morgan fingerprint density at radius 1 is 1.50 bits per heavy atom. The molecule has 0 atom stereocenters. The second kappa shape index (κ2) is 5.59. The highest BCUT2D eigenvalue weighted by atomic mass is 19.1. The molecule has 0 radical (unpaired) electrons. The summed E-state index contributed by atoms with van der Waals surface area (Å²) < 4.78 is 13.1. The summed E-state index contributed by atoms with van der Waals surface area (Å²) in [6.07, 6.45) is 1.18. The predicted molar refractivity (Wildman–Crippen MR) is 71.4 cm³/mol. The van der Waals surface area contributed by atoms with Crippen molar-refractivity contribution in [3.05, 3.63) is 35.1 Å². The zero-order valence-corrected chi connectivity index (χ0v) is 11.4. The van der Waals surface area contributed by atoms with Gasteiger partial charge in [-0.1, -0.05) is 6.07 Å². The number of hydrogen-bond acceptors (Lipinski definition) is 3. The Labute approximate surface area is 117 Å². The third-order valence-electron chi connectivity index (χ3n) is 4.06. The maximum atomic E-state index is 13.1. The second-order valence-corrected chi connectivity index (χ2v) is 5.56. The lowest BCUT2D eigenvalue weighted by Crippen LogP contribution is -2.42. The zero-order valence-electron chi connectivity index (χ0n) is 11.4. The van der Waals surface area contributed by atoms with Crippen LogP contribution in [0.5, 0.6) is 0 Å². The molecule has 20 heavy (non-hydrogen) atoms. The Morgan fingerprint density at radius 2 is 2.15 bits per heavy atom. The first-order valence-corrected chi connectivity index (χ1v) is 6.59. The molecule has 0 aliphatic carbocycles. The lowest BCUT2D eigenvalue weighted by Gasteiger charge is -2.36. The molecular formula is C15H17FN2O2. The average molecular weight is 276 g/mol. The van der Waals surface area contributed by atoms with Crippen LogP contribution in [0, 0.1) is 22.6 Å². The highest BCUT2D eigenvalue weighted by molar-refractivity contribution is 5.74. The smallest absolute Gasteiger partial charge is 0.309 e. The Morgan fingerprint density at radius 3 is 2.70 bits per heavy atom. The van der Waals surface area contributed by atoms with Crippen molar-refractivity contribution in [1.82, 2.24) is 4.90 Å². The van der Waals surface area contributed by atoms with Crippen molar-refractivity contribution in [2.75, 3.05) is 13.1 Å². The van der Waals surface area contributed by atoms with Gasteiger partial charge in [-0.15, -0.1) is 0 Å². The van der Waals surface area contributed by atoms with E-state index in [4.69, 9.17) is 5.26 Å². The van der Waals surface area contributed by atoms with Crippen molar-refractivity contribution < 1.29 is 14.3 Å². The van der Waals surface area contributed by atoms with E-state index < -0.39 is 17.2 Å². The first-order valence-electron chi connectivity index (χ1n) is 6.59. The summed E-state index contributed by atoms with van der Waals surface area (Å²) in [5.41, 5.74) is 0.474. The molecule has 5 heteroatoms. The molecule has 0 aromatic heterocycles. The van der Waals surface area contributed by atoms with E-state index in [-0.39, 0.29) is 0 Å². The summed E-state index contributed by atoms with van der Waals surface area (Å²) in [6.45, 7) is 3.67. The Bertz CT molecular complexity index is 557. The SMILES string of the molecule is CC1(C(=O)O)CCN(Cc2ccc(F)cc2C#N)CC1. The quantitative estimate of drug-likeness (QED) is 0.920. The number of rotatable bonds is 3. The molecule has 1 heterocycles. The lowest BCUT2D eigenvalue weighted by atomic mass is 9.80. The summed E-state index contributed by atoms with van der Waals surface area (Å²) in [5.74, 6) is -1.17. The van der Waals surface area contributed by atoms with Gasteiger partial charge in [-0.05, 0) is 50.6 Å². The molecule has 1 aliphatic rings. The Balaban J connectivity index is 2.03. The number of carboxylic acid groups (broad SMARTS) is 1. The van der Waals surface area contributed by atoms with Gasteiger partial charge in [0.2, 0.25) is 0 Å². The van der Waals surface area contributed by atoms with Gasteiger partial charge in [-0.25, -0.2) is 4.39 Å². The number of halogens is 1. The molecule has 106 valence electrons. The van der Waals surface area contributed by atoms with Crippen LogP contribution in [-0.2, 0) is 11.3 Å². The number of hydrogen-bond donors (Lipinski definition) is 1. The maximum Gasteiger partial charge on any atom is 0.309 e. The fourth-order valence-corrected chi connectivity index (χ4v) is 2.45. The minimum absolute atomic E-state index is 0.344. The van der Waals surface area contributed by atoms with E-state index in [1.165, 1.54) is 12.1 Å². The zero-order chi connectivity index (χ0) is 14.8. The van der Waals surface area contributed by atoms with Gasteiger partial charge in [0.05, 0.1) is 17.0 Å². The van der Waals surface area contributed by atoms with Crippen LogP contribution >= 0.6 is 0 Å². The van der Waals surface area contributed by atoms with E-state index in [0.29, 0.717) is 38.0 Å². The summed E-state index contributed by atoms with van der Waals surface area (Å²) >= 11 is 0. The van der Waals surface area contributed by atoms with Crippen LogP contribution in [0.2, 0.25) is 0 Å². The van der Waals surface area contributed by atoms with Crippen molar-refractivity contribution in [3.63, 3.8) is 0 Å². The van der Waals surface area contributed by atoms with E-state index in [1.807, 2.05) is 6.07 Å². The van der Waals surface area contributed by atoms with Crippen LogP contribution in [-0.4, -0.2) is 29.1 Å². The average Bonchev–Trinajstić information content (AvgIpc) is 2.43. The topological polar surface area (TPSA) is 64.3 Å². The van der Waals surface area contributed by atoms with Gasteiger partial charge in [-0.2, -0.15) is 5.26 Å². The lowest BCUT2D eigenvalue weighted by molar-refractivity contribution is -0.150. The van der Waals surface area contributed by atoms with Crippen LogP contribution in [0.3, 0.4) is 0 Å². The third kappa shape index (κ3) is 2.97. The van der Waals surface area contributed by atoms with Crippen molar-refractivity contribution >= 4 is 5.97 Å². The summed E-state index contributed by atoms with van der Waals surface area (Å²) in [6, 6.07) is 6.21. The number of piperidine rings is 1. The number of nitrogens with zero attached hydrogens (tertiary/aromatic N) is 2. The predicted octanol–water partition coefficient (Wildman–Crippen LogP) is 2.38. The van der Waals surface area contributed by atoms with Gasteiger partial charge in [0.25, 0.3) is 0 Å². The fraction of sp³-hybridized carbons (Fsp3) is 0.467. The normalized spacial score (nSPS) is 18.4. The van der Waals surface area contributed by atoms with Crippen molar-refractivity contribution in [2.24, 2.45) is 5.41 Å². The van der Waals surface area contributed by atoms with Crippen LogP contribution in [0.15, 0.2) is 18.2 Å². The monoisotopic (exact) mass is 276 g/mol. The van der Waals surface area contributed by atoms with E-state index in [9.17, 15) is 14.3 Å². The van der Waals surface area contributed by atoms with Crippen molar-refractivity contribution in [2.45, 2.75) is 26.3 Å². The first kappa shape index (κ1) is 14.5. The molecule has 2 rings (SSSR count). The van der Waals surface area contributed by atoms with E-state index >= 15 is 0 Å². The highest BCUT2D eigenvalue weighted by Crippen LogP contribution is 2.31. The minimum atomic E-state index is -0.753. The Hall–Kier alpha value is -1.93. The molecule has 1 fully saturated rings. The molecule has 1 aromatic rings. The molecule has 1 aromatic carbocycles. The van der Waals surface area contributed by atoms with E-state index in [0.717, 1.165) is 5.56 Å². The second-order valence-electron chi connectivity index (χ2n) is 5.56. The molecule has 0 saturated carbocycles. The van der Waals surface area contributed by atoms with Crippen molar-refractivity contribution in [1.29, 1.82) is 5.26 Å². The Kier molecular flexibility index (Phi) is 4.05. The van der Waals surface area contributed by atoms with Gasteiger partial charge in [0.15, 0.2) is 0 Å². The molecular weight excluding hydrogens is 259 g/mol. The number of likely N-dealkylation sites (tertiary alicyclic amines) is 1. The third-order valence-corrected chi connectivity index (χ3v) is 4.06. The van der Waals surface area contributed by atoms with Crippen LogP contribution in [0.1, 0.15) is 30.9 Å². The van der Waals surface area contributed by atoms with Gasteiger partial charge in [0, 0.05) is 6.54 Å². The van der Waals surface area contributed by atoms with Gasteiger partial charge in [-0.3, -0.25) is 9.69 Å². The maximum absolute atomic E-state index is 13.1. The van der Waals surface area contributed by atoms with E-state index in [2.05, 4.69) is 4.90 Å². The summed E-state index contributed by atoms with van der Waals surface area (Å²) in [5, 5.41) is 18.2. The van der Waals surface area contributed by atoms with Crippen LogP contribution in [0.4, 0.5) is 4.39 Å². The molecule has 0 bridgehead atoms. The first-order chi connectivity index (χ1) is 9.44. The van der Waals surface area contributed by atoms with Crippen LogP contribution < -0.4 is 0 Å². The molecule has 0 spiro atoms. The number of carbonyl (C=O) groups is 1. The van der Waals surface area contributed by atoms with Gasteiger partial charge >= 0.3 is 5.97 Å². The standard InChI is InChI=1S/C15H17FN2O2/c1-15(14(19)20)4-6-18(7-5-15)10-11-2-3-13(16)8-12(11)9-17/h2-3,8H,4-7,10H2,1H3,(H,19,20). The summed E-state index contributed by atoms with van der Waals surface area (Å²) in [7, 11) is 0. The molecule has 1 saturated heterocycles. The molecule has 0 amide bonds. The highest BCUT2D eigenvalue weighted by Gasteiger charge is 2.36. The molecule has 4 nitrogen and oxygen atoms in total. The van der Waals surface area contributed by atoms with Gasteiger partial charge < -0.3 is 5.11 Å². The fourth-order valence-electron chi connectivity index (χ4n) is 2.45. The number of nitriles is 1. The van der Waals surface area contributed by atoms with Crippen molar-refractivity contribution in [3.8, 4) is 6.07 Å². The number of carboxylic acids is 1. The van der Waals surface area contributed by atoms with E-state index in [1.54, 1.807) is 13.0 Å². The molecule has 0 unspecified atom stereocenters. The minimum Gasteiger partial charge on any atom is -0.481 e. The number of benzene rings is 1. The van der Waals surface area contributed by atoms with Gasteiger partial charge in [0.1, 0.15) is 5.82 Å². The molecule has 1 aliphatic heterocycles. The summed E-state index contributed by atoms with van der Waals surface area (Å²) in [4.78, 5) is 13.3. The number of aliphatic carboxylic acids is 1. The largest absolute Gasteiger partial charge is 0.481 e. The molecule has 1 N–H and O–H groups in total.